The normalized spacial score (nSPS) is 11.9. The molecule has 0 N–H and O–H groups in total. The maximum Gasteiger partial charge on any atom is 0.336 e. The Kier molecular flexibility index (Phi) is 6.81. The van der Waals surface area contributed by atoms with Crippen LogP contribution in [0.5, 0.6) is 5.75 Å². The van der Waals surface area contributed by atoms with Gasteiger partial charge in [0.15, 0.2) is 11.6 Å². The Bertz CT molecular complexity index is 937. The third kappa shape index (κ3) is 5.21. The second-order valence-electron chi connectivity index (χ2n) is 5.49. The Morgan fingerprint density at radius 1 is 1.04 bits per heavy atom. The van der Waals surface area contributed by atoms with Crippen molar-refractivity contribution in [3.05, 3.63) is 65.7 Å². The molecule has 0 aromatic heterocycles. The van der Waals surface area contributed by atoms with Crippen LogP contribution in [-0.4, -0.2) is 31.8 Å². The molecule has 0 fully saturated rings. The quantitative estimate of drug-likeness (QED) is 0.408. The van der Waals surface area contributed by atoms with Crippen molar-refractivity contribution < 1.29 is 26.7 Å². The summed E-state index contributed by atoms with van der Waals surface area (Å²) in [6.45, 7) is 4.26. The van der Waals surface area contributed by atoms with Gasteiger partial charge in [-0.3, -0.25) is 0 Å². The number of esters is 1. The molecule has 0 aliphatic rings. The van der Waals surface area contributed by atoms with Crippen LogP contribution in [0.1, 0.15) is 19.4 Å². The fraction of sp³-hybridized carbons (Fsp3) is 0.211. The standard InChI is InChI=1S/C19H19F2NO4S/c1-3-22(4-2)27(24,25)16-9-5-14(6-10-16)7-12-19(23)26-15-8-11-17(20)18(21)13-15/h5-13H,3-4H2,1-2H3/b12-7+. The van der Waals surface area contributed by atoms with Crippen molar-refractivity contribution in [2.45, 2.75) is 18.7 Å². The monoisotopic (exact) mass is 395 g/mol. The van der Waals surface area contributed by atoms with E-state index in [1.165, 1.54) is 22.5 Å². The molecule has 144 valence electrons. The molecule has 0 radical (unpaired) electrons. The maximum atomic E-state index is 13.1. The van der Waals surface area contributed by atoms with Gasteiger partial charge in [-0.05, 0) is 35.9 Å². The minimum Gasteiger partial charge on any atom is -0.423 e. The highest BCUT2D eigenvalue weighted by atomic mass is 32.2. The number of benzene rings is 2. The lowest BCUT2D eigenvalue weighted by Gasteiger charge is -2.18. The molecule has 0 saturated carbocycles. The zero-order valence-corrected chi connectivity index (χ0v) is 15.7. The van der Waals surface area contributed by atoms with E-state index in [1.807, 2.05) is 0 Å². The molecule has 2 aromatic carbocycles. The first-order chi connectivity index (χ1) is 12.8. The number of carbonyl (C=O) groups excluding carboxylic acids is 1. The largest absolute Gasteiger partial charge is 0.423 e. The summed E-state index contributed by atoms with van der Waals surface area (Å²) in [7, 11) is -3.55. The van der Waals surface area contributed by atoms with Gasteiger partial charge in [-0.15, -0.1) is 0 Å². The summed E-state index contributed by atoms with van der Waals surface area (Å²) >= 11 is 0. The Balaban J connectivity index is 2.07. The molecule has 0 bridgehead atoms. The first-order valence-corrected chi connectivity index (χ1v) is 9.67. The van der Waals surface area contributed by atoms with E-state index in [-0.39, 0.29) is 10.6 Å². The average Bonchev–Trinajstić information content (AvgIpc) is 2.64. The van der Waals surface area contributed by atoms with Crippen molar-refractivity contribution in [3.63, 3.8) is 0 Å². The SMILES string of the molecule is CCN(CC)S(=O)(=O)c1ccc(/C=C/C(=O)Oc2ccc(F)c(F)c2)cc1. The van der Waals surface area contributed by atoms with Crippen LogP contribution in [0, 0.1) is 11.6 Å². The molecule has 0 aliphatic carbocycles. The molecule has 0 saturated heterocycles. The Morgan fingerprint density at radius 3 is 2.22 bits per heavy atom. The maximum absolute atomic E-state index is 13.1. The van der Waals surface area contributed by atoms with Crippen LogP contribution in [0.3, 0.4) is 0 Å². The highest BCUT2D eigenvalue weighted by Gasteiger charge is 2.20. The van der Waals surface area contributed by atoms with Crippen molar-refractivity contribution >= 4 is 22.1 Å². The zero-order chi connectivity index (χ0) is 20.0. The molecule has 0 spiro atoms. The van der Waals surface area contributed by atoms with Gasteiger partial charge in [0.1, 0.15) is 5.75 Å². The van der Waals surface area contributed by atoms with Crippen molar-refractivity contribution in [2.24, 2.45) is 0 Å². The first kappa shape index (κ1) is 20.7. The van der Waals surface area contributed by atoms with E-state index in [2.05, 4.69) is 0 Å². The number of sulfonamides is 1. The number of nitrogens with zero attached hydrogens (tertiary/aromatic N) is 1. The van der Waals surface area contributed by atoms with Gasteiger partial charge in [0.2, 0.25) is 10.0 Å². The first-order valence-electron chi connectivity index (χ1n) is 8.23. The molecular formula is C19H19F2NO4S. The summed E-state index contributed by atoms with van der Waals surface area (Å²) in [5.41, 5.74) is 0.579. The number of rotatable bonds is 7. The molecule has 0 amide bonds. The van der Waals surface area contributed by atoms with Crippen molar-refractivity contribution in [3.8, 4) is 5.75 Å². The minimum atomic E-state index is -3.55. The molecule has 27 heavy (non-hydrogen) atoms. The van der Waals surface area contributed by atoms with Gasteiger partial charge in [-0.1, -0.05) is 26.0 Å². The van der Waals surface area contributed by atoms with E-state index in [1.54, 1.807) is 26.0 Å². The number of hydrogen-bond donors (Lipinski definition) is 0. The fourth-order valence-corrected chi connectivity index (χ4v) is 3.78. The van der Waals surface area contributed by atoms with E-state index in [4.69, 9.17) is 4.74 Å². The Morgan fingerprint density at radius 2 is 1.67 bits per heavy atom. The lowest BCUT2D eigenvalue weighted by Crippen LogP contribution is -2.30. The molecule has 0 aliphatic heterocycles. The van der Waals surface area contributed by atoms with Crippen LogP contribution in [0.15, 0.2) is 53.4 Å². The summed E-state index contributed by atoms with van der Waals surface area (Å²) in [5.74, 6) is -3.05. The topological polar surface area (TPSA) is 63.7 Å². The summed E-state index contributed by atoms with van der Waals surface area (Å²) in [4.78, 5) is 11.9. The minimum absolute atomic E-state index is 0.121. The molecule has 5 nitrogen and oxygen atoms in total. The smallest absolute Gasteiger partial charge is 0.336 e. The molecule has 0 unspecified atom stereocenters. The second-order valence-corrected chi connectivity index (χ2v) is 7.43. The Labute approximate surface area is 156 Å². The summed E-state index contributed by atoms with van der Waals surface area (Å²) in [6.07, 6.45) is 2.53. The van der Waals surface area contributed by atoms with Gasteiger partial charge >= 0.3 is 5.97 Å². The molecule has 2 rings (SSSR count). The number of carbonyl (C=O) groups is 1. The van der Waals surface area contributed by atoms with Gasteiger partial charge < -0.3 is 4.74 Å². The predicted octanol–water partition coefficient (Wildman–Crippen LogP) is 3.61. The third-order valence-corrected chi connectivity index (χ3v) is 5.81. The van der Waals surface area contributed by atoms with E-state index >= 15 is 0 Å². The number of halogens is 2. The van der Waals surface area contributed by atoms with Crippen LogP contribution < -0.4 is 4.74 Å². The van der Waals surface area contributed by atoms with Crippen molar-refractivity contribution in [1.29, 1.82) is 0 Å². The van der Waals surface area contributed by atoms with E-state index in [0.29, 0.717) is 18.7 Å². The molecular weight excluding hydrogens is 376 g/mol. The lowest BCUT2D eigenvalue weighted by molar-refractivity contribution is -0.128. The van der Waals surface area contributed by atoms with Gasteiger partial charge in [0, 0.05) is 25.2 Å². The second kappa shape index (κ2) is 8.88. The highest BCUT2D eigenvalue weighted by Crippen LogP contribution is 2.18. The van der Waals surface area contributed by atoms with E-state index < -0.39 is 27.6 Å². The third-order valence-electron chi connectivity index (χ3n) is 3.74. The van der Waals surface area contributed by atoms with Crippen LogP contribution in [0.4, 0.5) is 8.78 Å². The van der Waals surface area contributed by atoms with Crippen LogP contribution in [0.25, 0.3) is 6.08 Å². The van der Waals surface area contributed by atoms with Crippen LogP contribution >= 0.6 is 0 Å². The fourth-order valence-electron chi connectivity index (χ4n) is 2.32. The van der Waals surface area contributed by atoms with Crippen LogP contribution in [-0.2, 0) is 14.8 Å². The van der Waals surface area contributed by atoms with Gasteiger partial charge in [0.25, 0.3) is 0 Å². The summed E-state index contributed by atoms with van der Waals surface area (Å²) in [6, 6.07) is 8.78. The van der Waals surface area contributed by atoms with Gasteiger partial charge in [0.05, 0.1) is 4.90 Å². The van der Waals surface area contributed by atoms with Crippen molar-refractivity contribution in [2.75, 3.05) is 13.1 Å². The predicted molar refractivity (Wildman–Crippen MR) is 97.6 cm³/mol. The van der Waals surface area contributed by atoms with E-state index in [0.717, 1.165) is 24.3 Å². The highest BCUT2D eigenvalue weighted by molar-refractivity contribution is 7.89. The van der Waals surface area contributed by atoms with Crippen molar-refractivity contribution in [1.82, 2.24) is 4.31 Å². The Hall–Kier alpha value is -2.58. The lowest BCUT2D eigenvalue weighted by atomic mass is 10.2. The van der Waals surface area contributed by atoms with Gasteiger partial charge in [-0.25, -0.2) is 22.0 Å². The zero-order valence-electron chi connectivity index (χ0n) is 14.9. The molecule has 2 aromatic rings. The van der Waals surface area contributed by atoms with Gasteiger partial charge in [-0.2, -0.15) is 4.31 Å². The number of hydrogen-bond acceptors (Lipinski definition) is 4. The molecule has 8 heteroatoms. The summed E-state index contributed by atoms with van der Waals surface area (Å²) < 4.78 is 57.0. The number of ether oxygens (including phenoxy) is 1. The average molecular weight is 395 g/mol. The molecule has 0 atom stereocenters. The van der Waals surface area contributed by atoms with E-state index in [9.17, 15) is 22.0 Å². The molecule has 0 heterocycles. The van der Waals surface area contributed by atoms with Crippen LogP contribution in [0.2, 0.25) is 0 Å². The summed E-state index contributed by atoms with van der Waals surface area (Å²) in [5, 5.41) is 0.